The lowest BCUT2D eigenvalue weighted by atomic mass is 10.1. The molecular formula is C14H17NO2. The molecule has 0 spiro atoms. The van der Waals surface area contributed by atoms with E-state index in [1.807, 2.05) is 12.1 Å². The minimum Gasteiger partial charge on any atom is -0.491 e. The van der Waals surface area contributed by atoms with Gasteiger partial charge in [-0.2, -0.15) is 0 Å². The molecular weight excluding hydrogens is 214 g/mol. The Morgan fingerprint density at radius 3 is 3.18 bits per heavy atom. The fraction of sp³-hybridized carbons (Fsp3) is 0.429. The first kappa shape index (κ1) is 11.8. The lowest BCUT2D eigenvalue weighted by molar-refractivity contribution is 0.311. The maximum atomic E-state index is 5.63. The Morgan fingerprint density at radius 2 is 2.41 bits per heavy atom. The molecule has 0 aliphatic carbocycles. The van der Waals surface area contributed by atoms with E-state index in [9.17, 15) is 0 Å². The third-order valence-electron chi connectivity index (χ3n) is 2.70. The zero-order chi connectivity index (χ0) is 12.1. The lowest BCUT2D eigenvalue weighted by Gasteiger charge is -2.09. The second-order valence-corrected chi connectivity index (χ2v) is 3.84. The van der Waals surface area contributed by atoms with E-state index in [0.717, 1.165) is 18.0 Å². The number of nitrogens with one attached hydrogen (secondary N) is 1. The van der Waals surface area contributed by atoms with E-state index in [-0.39, 0.29) is 0 Å². The fourth-order valence-electron chi connectivity index (χ4n) is 1.89. The Labute approximate surface area is 102 Å². The smallest absolute Gasteiger partial charge is 0.149 e. The average Bonchev–Trinajstić information content (AvgIpc) is 2.73. The second kappa shape index (κ2) is 5.60. The van der Waals surface area contributed by atoms with Crippen LogP contribution in [-0.4, -0.2) is 19.8 Å². The molecule has 90 valence electrons. The normalized spacial score (nSPS) is 16.7. The summed E-state index contributed by atoms with van der Waals surface area (Å²) >= 11 is 0. The van der Waals surface area contributed by atoms with Crippen molar-refractivity contribution in [3.63, 3.8) is 0 Å². The Bertz CT molecular complexity index is 445. The highest BCUT2D eigenvalue weighted by molar-refractivity contribution is 5.45. The largest absolute Gasteiger partial charge is 0.491 e. The summed E-state index contributed by atoms with van der Waals surface area (Å²) in [4.78, 5) is 0. The third kappa shape index (κ3) is 2.72. The van der Waals surface area contributed by atoms with Crippen LogP contribution in [-0.2, 0) is 0 Å². The lowest BCUT2D eigenvalue weighted by Crippen LogP contribution is -2.21. The second-order valence-electron chi connectivity index (χ2n) is 3.84. The number of hydrogen-bond donors (Lipinski definition) is 1. The zero-order valence-electron chi connectivity index (χ0n) is 10.2. The van der Waals surface area contributed by atoms with Gasteiger partial charge >= 0.3 is 0 Å². The molecule has 0 radical (unpaired) electrons. The van der Waals surface area contributed by atoms with Crippen molar-refractivity contribution in [3.05, 3.63) is 23.8 Å². The van der Waals surface area contributed by atoms with Crippen molar-refractivity contribution in [2.45, 2.75) is 19.9 Å². The summed E-state index contributed by atoms with van der Waals surface area (Å²) < 4.78 is 11.1. The summed E-state index contributed by atoms with van der Waals surface area (Å²) in [6, 6.07) is 6.27. The van der Waals surface area contributed by atoms with E-state index >= 15 is 0 Å². The molecule has 1 atom stereocenters. The fourth-order valence-corrected chi connectivity index (χ4v) is 1.89. The van der Waals surface area contributed by atoms with Crippen LogP contribution >= 0.6 is 0 Å². The van der Waals surface area contributed by atoms with Gasteiger partial charge in [0.1, 0.15) is 24.7 Å². The van der Waals surface area contributed by atoms with Gasteiger partial charge in [0.15, 0.2) is 0 Å². The Hall–Kier alpha value is -1.66. The van der Waals surface area contributed by atoms with E-state index in [4.69, 9.17) is 9.47 Å². The van der Waals surface area contributed by atoms with E-state index < -0.39 is 0 Å². The first-order valence-corrected chi connectivity index (χ1v) is 5.87. The number of fused-ring (bicyclic) bond motifs is 1. The SMILES string of the molecule is CC#CCOc1ccc2c(c1)OCC2NCC. The molecule has 3 heteroatoms. The molecule has 0 bridgehead atoms. The monoisotopic (exact) mass is 231 g/mol. The molecule has 1 aromatic rings. The van der Waals surface area contributed by atoms with Gasteiger partial charge in [-0.1, -0.05) is 12.8 Å². The molecule has 1 aliphatic rings. The Kier molecular flexibility index (Phi) is 3.89. The zero-order valence-corrected chi connectivity index (χ0v) is 10.2. The number of ether oxygens (including phenoxy) is 2. The van der Waals surface area contributed by atoms with Crippen molar-refractivity contribution in [2.75, 3.05) is 19.8 Å². The molecule has 0 saturated carbocycles. The predicted octanol–water partition coefficient (Wildman–Crippen LogP) is 2.13. The summed E-state index contributed by atoms with van der Waals surface area (Å²) in [5.74, 6) is 7.39. The molecule has 0 amide bonds. The van der Waals surface area contributed by atoms with Gasteiger partial charge < -0.3 is 14.8 Å². The molecule has 0 fully saturated rings. The standard InChI is InChI=1S/C14H17NO2/c1-3-5-8-16-11-6-7-12-13(15-4-2)10-17-14(12)9-11/h6-7,9,13,15H,4,8,10H2,1-2H3. The quantitative estimate of drug-likeness (QED) is 0.805. The highest BCUT2D eigenvalue weighted by Gasteiger charge is 2.23. The van der Waals surface area contributed by atoms with Gasteiger partial charge in [-0.25, -0.2) is 0 Å². The molecule has 1 N–H and O–H groups in total. The van der Waals surface area contributed by atoms with Crippen molar-refractivity contribution in [3.8, 4) is 23.3 Å². The molecule has 1 aromatic carbocycles. The van der Waals surface area contributed by atoms with Gasteiger partial charge in [0.05, 0.1) is 6.04 Å². The summed E-state index contributed by atoms with van der Waals surface area (Å²) in [6.45, 7) is 5.96. The van der Waals surface area contributed by atoms with Gasteiger partial charge in [0, 0.05) is 11.6 Å². The van der Waals surface area contributed by atoms with E-state index in [2.05, 4.69) is 30.1 Å². The van der Waals surface area contributed by atoms with Crippen LogP contribution in [0.2, 0.25) is 0 Å². The topological polar surface area (TPSA) is 30.5 Å². The van der Waals surface area contributed by atoms with Crippen molar-refractivity contribution in [1.29, 1.82) is 0 Å². The van der Waals surface area contributed by atoms with Gasteiger partial charge in [0.2, 0.25) is 0 Å². The van der Waals surface area contributed by atoms with Crippen LogP contribution in [0, 0.1) is 11.8 Å². The van der Waals surface area contributed by atoms with Crippen molar-refractivity contribution in [1.82, 2.24) is 5.32 Å². The molecule has 1 unspecified atom stereocenters. The van der Waals surface area contributed by atoms with Gasteiger partial charge in [-0.05, 0) is 25.6 Å². The summed E-state index contributed by atoms with van der Waals surface area (Å²) in [5, 5.41) is 3.38. The third-order valence-corrected chi connectivity index (χ3v) is 2.70. The minimum absolute atomic E-state index is 0.305. The number of benzene rings is 1. The first-order chi connectivity index (χ1) is 8.35. The van der Waals surface area contributed by atoms with Gasteiger partial charge in [-0.3, -0.25) is 0 Å². The van der Waals surface area contributed by atoms with Crippen molar-refractivity contribution >= 4 is 0 Å². The van der Waals surface area contributed by atoms with Crippen molar-refractivity contribution in [2.24, 2.45) is 0 Å². The Morgan fingerprint density at radius 1 is 1.53 bits per heavy atom. The van der Waals surface area contributed by atoms with E-state index in [0.29, 0.717) is 19.3 Å². The maximum absolute atomic E-state index is 5.63. The summed E-state index contributed by atoms with van der Waals surface area (Å²) in [7, 11) is 0. The maximum Gasteiger partial charge on any atom is 0.149 e. The molecule has 1 heterocycles. The van der Waals surface area contributed by atoms with Gasteiger partial charge in [0.25, 0.3) is 0 Å². The average molecular weight is 231 g/mol. The van der Waals surface area contributed by atoms with Crippen LogP contribution in [0.4, 0.5) is 0 Å². The minimum atomic E-state index is 0.305. The molecule has 2 rings (SSSR count). The molecule has 0 aromatic heterocycles. The van der Waals surface area contributed by atoms with E-state index in [1.54, 1.807) is 6.92 Å². The number of hydrogen-bond acceptors (Lipinski definition) is 3. The van der Waals surface area contributed by atoms with Crippen LogP contribution in [0.15, 0.2) is 18.2 Å². The van der Waals surface area contributed by atoms with Crippen LogP contribution in [0.1, 0.15) is 25.5 Å². The van der Waals surface area contributed by atoms with Gasteiger partial charge in [-0.15, -0.1) is 5.92 Å². The molecule has 3 nitrogen and oxygen atoms in total. The predicted molar refractivity (Wildman–Crippen MR) is 67.3 cm³/mol. The number of likely N-dealkylation sites (N-methyl/N-ethyl adjacent to an activating group) is 1. The van der Waals surface area contributed by atoms with E-state index in [1.165, 1.54) is 5.56 Å². The van der Waals surface area contributed by atoms with Crippen LogP contribution in [0.5, 0.6) is 11.5 Å². The number of rotatable bonds is 4. The summed E-state index contributed by atoms with van der Waals surface area (Å²) in [5.41, 5.74) is 1.21. The molecule has 17 heavy (non-hydrogen) atoms. The highest BCUT2D eigenvalue weighted by Crippen LogP contribution is 2.35. The summed E-state index contributed by atoms with van der Waals surface area (Å²) in [6.07, 6.45) is 0. The first-order valence-electron chi connectivity index (χ1n) is 5.87. The van der Waals surface area contributed by atoms with Crippen molar-refractivity contribution < 1.29 is 9.47 Å². The Balaban J connectivity index is 2.07. The highest BCUT2D eigenvalue weighted by atomic mass is 16.5. The molecule has 1 aliphatic heterocycles. The van der Waals surface area contributed by atoms with Crippen LogP contribution in [0.25, 0.3) is 0 Å². The van der Waals surface area contributed by atoms with Crippen LogP contribution in [0.3, 0.4) is 0 Å². The molecule has 0 saturated heterocycles. The van der Waals surface area contributed by atoms with Crippen LogP contribution < -0.4 is 14.8 Å².